The highest BCUT2D eigenvalue weighted by molar-refractivity contribution is 5.88. The van der Waals surface area contributed by atoms with Crippen molar-refractivity contribution in [2.75, 3.05) is 37.4 Å². The van der Waals surface area contributed by atoms with Gasteiger partial charge in [-0.15, -0.1) is 0 Å². The fraction of sp³-hybridized carbons (Fsp3) is 0.562. The van der Waals surface area contributed by atoms with Crippen molar-refractivity contribution >= 4 is 17.3 Å². The first kappa shape index (κ1) is 14.2. The molecule has 1 aromatic carbocycles. The summed E-state index contributed by atoms with van der Waals surface area (Å²) in [6, 6.07) is 7.78. The minimum absolute atomic E-state index is 0.145. The number of carbonyl (C=O) groups excluding carboxylic acids is 1. The molecular weight excluding hydrogens is 266 g/mol. The number of fused-ring (bicyclic) bond motifs is 1. The molecule has 0 saturated carbocycles. The topological polar surface area (TPSA) is 53.6 Å². The fourth-order valence-electron chi connectivity index (χ4n) is 3.12. The number of nitrogens with zero attached hydrogens (tertiary/aromatic N) is 1. The van der Waals surface area contributed by atoms with Gasteiger partial charge in [-0.25, -0.2) is 0 Å². The standard InChI is InChI=1S/C16H23N3O2/c1-11-7-8-19(10-15(11)21-2)16(20)14-9-17-12-5-3-4-6-13(12)18-14/h3-6,11,14-15,17-18H,7-10H2,1-2H3. The molecule has 114 valence electrons. The number of para-hydroxylation sites is 2. The molecule has 1 aromatic rings. The van der Waals surface area contributed by atoms with E-state index in [0.717, 1.165) is 24.3 Å². The van der Waals surface area contributed by atoms with Gasteiger partial charge in [-0.05, 0) is 24.5 Å². The van der Waals surface area contributed by atoms with Crippen LogP contribution in [0.15, 0.2) is 24.3 Å². The van der Waals surface area contributed by atoms with Crippen LogP contribution >= 0.6 is 0 Å². The number of piperidine rings is 1. The Labute approximate surface area is 125 Å². The second-order valence-electron chi connectivity index (χ2n) is 5.95. The molecule has 5 nitrogen and oxygen atoms in total. The molecule has 2 aliphatic heterocycles. The Bertz CT molecular complexity index is 520. The Kier molecular flexibility index (Phi) is 4.01. The number of benzene rings is 1. The van der Waals surface area contributed by atoms with E-state index in [4.69, 9.17) is 4.74 Å². The van der Waals surface area contributed by atoms with E-state index in [1.54, 1.807) is 7.11 Å². The third-order valence-electron chi connectivity index (χ3n) is 4.56. The number of ether oxygens (including phenoxy) is 1. The van der Waals surface area contributed by atoms with E-state index in [2.05, 4.69) is 17.6 Å². The SMILES string of the molecule is COC1CN(C(=O)C2CNc3ccccc3N2)CCC1C. The van der Waals surface area contributed by atoms with Crippen LogP contribution in [0.1, 0.15) is 13.3 Å². The van der Waals surface area contributed by atoms with Crippen molar-refractivity contribution in [3.63, 3.8) is 0 Å². The van der Waals surface area contributed by atoms with Gasteiger partial charge in [0, 0.05) is 26.7 Å². The van der Waals surface area contributed by atoms with Crippen LogP contribution in [0.3, 0.4) is 0 Å². The Morgan fingerprint density at radius 1 is 1.33 bits per heavy atom. The Hall–Kier alpha value is -1.75. The number of anilines is 2. The molecule has 2 aliphatic rings. The lowest BCUT2D eigenvalue weighted by Gasteiger charge is -2.39. The first-order valence-electron chi connectivity index (χ1n) is 7.60. The average molecular weight is 289 g/mol. The van der Waals surface area contributed by atoms with Gasteiger partial charge in [0.2, 0.25) is 5.91 Å². The third kappa shape index (κ3) is 2.83. The number of rotatable bonds is 2. The molecule has 0 spiro atoms. The highest BCUT2D eigenvalue weighted by Gasteiger charge is 2.33. The van der Waals surface area contributed by atoms with Crippen molar-refractivity contribution in [1.29, 1.82) is 0 Å². The zero-order valence-corrected chi connectivity index (χ0v) is 12.6. The smallest absolute Gasteiger partial charge is 0.246 e. The van der Waals surface area contributed by atoms with Gasteiger partial charge >= 0.3 is 0 Å². The van der Waals surface area contributed by atoms with E-state index in [1.807, 2.05) is 29.2 Å². The van der Waals surface area contributed by atoms with Crippen molar-refractivity contribution in [3.05, 3.63) is 24.3 Å². The molecule has 0 bridgehead atoms. The maximum atomic E-state index is 12.7. The lowest BCUT2D eigenvalue weighted by atomic mass is 9.95. The summed E-state index contributed by atoms with van der Waals surface area (Å²) in [5.74, 6) is 0.670. The van der Waals surface area contributed by atoms with Crippen LogP contribution in [0.25, 0.3) is 0 Å². The molecule has 1 amide bonds. The van der Waals surface area contributed by atoms with Crippen molar-refractivity contribution < 1.29 is 9.53 Å². The molecule has 1 saturated heterocycles. The molecule has 3 unspecified atom stereocenters. The molecule has 3 rings (SSSR count). The number of nitrogens with one attached hydrogen (secondary N) is 2. The molecule has 3 atom stereocenters. The molecule has 2 N–H and O–H groups in total. The number of amides is 1. The van der Waals surface area contributed by atoms with Gasteiger partial charge in [-0.3, -0.25) is 4.79 Å². The number of likely N-dealkylation sites (tertiary alicyclic amines) is 1. The van der Waals surface area contributed by atoms with Crippen LogP contribution in [-0.4, -0.2) is 49.7 Å². The first-order valence-corrected chi connectivity index (χ1v) is 7.60. The van der Waals surface area contributed by atoms with Crippen LogP contribution in [-0.2, 0) is 9.53 Å². The van der Waals surface area contributed by atoms with Crippen LogP contribution < -0.4 is 10.6 Å². The number of hydrogen-bond donors (Lipinski definition) is 2. The molecule has 5 heteroatoms. The maximum Gasteiger partial charge on any atom is 0.246 e. The molecule has 0 radical (unpaired) electrons. The summed E-state index contributed by atoms with van der Waals surface area (Å²) in [5.41, 5.74) is 2.05. The molecule has 1 fully saturated rings. The molecule has 0 aliphatic carbocycles. The highest BCUT2D eigenvalue weighted by atomic mass is 16.5. The highest BCUT2D eigenvalue weighted by Crippen LogP contribution is 2.27. The predicted octanol–water partition coefficient (Wildman–Crippen LogP) is 1.78. The number of carbonyl (C=O) groups is 1. The molecular formula is C16H23N3O2. The Morgan fingerprint density at radius 3 is 2.86 bits per heavy atom. The maximum absolute atomic E-state index is 12.7. The summed E-state index contributed by atoms with van der Waals surface area (Å²) < 4.78 is 5.50. The Morgan fingerprint density at radius 2 is 2.10 bits per heavy atom. The van der Waals surface area contributed by atoms with E-state index in [1.165, 1.54) is 0 Å². The largest absolute Gasteiger partial charge is 0.381 e. The summed E-state index contributed by atoms with van der Waals surface area (Å²) in [7, 11) is 1.73. The Balaban J connectivity index is 1.67. The monoisotopic (exact) mass is 289 g/mol. The van der Waals surface area contributed by atoms with Gasteiger partial charge in [0.25, 0.3) is 0 Å². The van der Waals surface area contributed by atoms with Gasteiger partial charge in [0.15, 0.2) is 0 Å². The van der Waals surface area contributed by atoms with Crippen molar-refractivity contribution in [2.24, 2.45) is 5.92 Å². The minimum atomic E-state index is -0.203. The van der Waals surface area contributed by atoms with Gasteiger partial charge in [-0.1, -0.05) is 19.1 Å². The van der Waals surface area contributed by atoms with Crippen LogP contribution in [0, 0.1) is 5.92 Å². The zero-order valence-electron chi connectivity index (χ0n) is 12.6. The quantitative estimate of drug-likeness (QED) is 0.871. The normalized spacial score (nSPS) is 28.3. The lowest BCUT2D eigenvalue weighted by molar-refractivity contribution is -0.136. The van der Waals surface area contributed by atoms with Gasteiger partial charge in [0.1, 0.15) is 6.04 Å². The average Bonchev–Trinajstić information content (AvgIpc) is 2.54. The summed E-state index contributed by atoms with van der Waals surface area (Å²) in [6.45, 7) is 4.32. The van der Waals surface area contributed by atoms with E-state index in [-0.39, 0.29) is 18.1 Å². The van der Waals surface area contributed by atoms with Gasteiger partial charge in [0.05, 0.1) is 17.5 Å². The van der Waals surface area contributed by atoms with Gasteiger partial charge < -0.3 is 20.3 Å². The zero-order chi connectivity index (χ0) is 14.8. The van der Waals surface area contributed by atoms with E-state index >= 15 is 0 Å². The van der Waals surface area contributed by atoms with Crippen LogP contribution in [0.4, 0.5) is 11.4 Å². The van der Waals surface area contributed by atoms with Crippen molar-refractivity contribution in [3.8, 4) is 0 Å². The lowest BCUT2D eigenvalue weighted by Crippen LogP contribution is -2.53. The van der Waals surface area contributed by atoms with E-state index in [0.29, 0.717) is 19.0 Å². The summed E-state index contributed by atoms with van der Waals surface area (Å²) >= 11 is 0. The van der Waals surface area contributed by atoms with Gasteiger partial charge in [-0.2, -0.15) is 0 Å². The first-order chi connectivity index (χ1) is 10.2. The number of methoxy groups -OCH3 is 1. The predicted molar refractivity (Wildman–Crippen MR) is 83.5 cm³/mol. The third-order valence-corrected chi connectivity index (χ3v) is 4.56. The summed E-state index contributed by atoms with van der Waals surface area (Å²) in [6.07, 6.45) is 1.15. The number of hydrogen-bond acceptors (Lipinski definition) is 4. The van der Waals surface area contributed by atoms with E-state index < -0.39 is 0 Å². The van der Waals surface area contributed by atoms with Crippen molar-refractivity contribution in [2.45, 2.75) is 25.5 Å². The van der Waals surface area contributed by atoms with Crippen molar-refractivity contribution in [1.82, 2.24) is 4.90 Å². The van der Waals surface area contributed by atoms with Crippen LogP contribution in [0.5, 0.6) is 0 Å². The molecule has 21 heavy (non-hydrogen) atoms. The summed E-state index contributed by atoms with van der Waals surface area (Å²) in [5, 5.41) is 6.67. The fourth-order valence-corrected chi connectivity index (χ4v) is 3.12. The second kappa shape index (κ2) is 5.93. The molecule has 0 aromatic heterocycles. The minimum Gasteiger partial charge on any atom is -0.381 e. The molecule has 2 heterocycles. The second-order valence-corrected chi connectivity index (χ2v) is 5.95. The van der Waals surface area contributed by atoms with E-state index in [9.17, 15) is 4.79 Å². The van der Waals surface area contributed by atoms with Crippen LogP contribution in [0.2, 0.25) is 0 Å². The summed E-state index contributed by atoms with van der Waals surface area (Å²) in [4.78, 5) is 14.6.